The zero-order chi connectivity index (χ0) is 16.1. The maximum absolute atomic E-state index is 12.8. The summed E-state index contributed by atoms with van der Waals surface area (Å²) in [7, 11) is 0. The number of benzene rings is 2. The Bertz CT molecular complexity index is 652. The Kier molecular flexibility index (Phi) is 6.21. The van der Waals surface area contributed by atoms with Crippen molar-refractivity contribution in [2.75, 3.05) is 13.1 Å². The molecular formula is C18H20ClN3O2. The summed E-state index contributed by atoms with van der Waals surface area (Å²) in [6.07, 6.45) is -0.301. The molecular weight excluding hydrogens is 326 g/mol. The number of nitrogens with two attached hydrogens (primary N) is 1. The smallest absolute Gasteiger partial charge is 0.318 e. The number of nitrogens with zero attached hydrogens (tertiary/aromatic N) is 1. The van der Waals surface area contributed by atoms with E-state index in [0.29, 0.717) is 19.0 Å². The van der Waals surface area contributed by atoms with E-state index in [0.717, 1.165) is 11.1 Å². The summed E-state index contributed by atoms with van der Waals surface area (Å²) in [5.74, 6) is -0.328. The lowest BCUT2D eigenvalue weighted by Crippen LogP contribution is -2.45. The molecule has 1 heterocycles. The maximum atomic E-state index is 12.8. The van der Waals surface area contributed by atoms with Crippen molar-refractivity contribution in [1.29, 1.82) is 0 Å². The molecule has 0 saturated carbocycles. The minimum atomic E-state index is -0.444. The van der Waals surface area contributed by atoms with Gasteiger partial charge in [-0.15, -0.1) is 12.4 Å². The van der Waals surface area contributed by atoms with Gasteiger partial charge in [0.1, 0.15) is 12.0 Å². The van der Waals surface area contributed by atoms with Crippen LogP contribution in [0.4, 0.5) is 0 Å². The van der Waals surface area contributed by atoms with Gasteiger partial charge in [-0.1, -0.05) is 60.7 Å². The van der Waals surface area contributed by atoms with E-state index in [9.17, 15) is 4.79 Å². The van der Waals surface area contributed by atoms with Gasteiger partial charge >= 0.3 is 5.97 Å². The second-order valence-electron chi connectivity index (χ2n) is 5.42. The van der Waals surface area contributed by atoms with Crippen molar-refractivity contribution in [1.82, 2.24) is 5.32 Å². The molecule has 2 aromatic carbocycles. The van der Waals surface area contributed by atoms with Gasteiger partial charge in [0.15, 0.2) is 5.96 Å². The first-order valence-electron chi connectivity index (χ1n) is 7.58. The molecule has 3 N–H and O–H groups in total. The molecule has 0 spiro atoms. The highest BCUT2D eigenvalue weighted by Crippen LogP contribution is 2.26. The molecule has 1 unspecified atom stereocenters. The molecule has 126 valence electrons. The highest BCUT2D eigenvalue weighted by atomic mass is 35.5. The average molecular weight is 346 g/mol. The third-order valence-corrected chi connectivity index (χ3v) is 3.76. The number of carbonyl (C=O) groups excluding carboxylic acids is 1. The van der Waals surface area contributed by atoms with Gasteiger partial charge < -0.3 is 15.8 Å². The fourth-order valence-electron chi connectivity index (χ4n) is 2.61. The van der Waals surface area contributed by atoms with Crippen molar-refractivity contribution in [3.05, 3.63) is 71.8 Å². The number of guanidine groups is 1. The van der Waals surface area contributed by atoms with E-state index in [1.807, 2.05) is 60.7 Å². The molecule has 0 bridgehead atoms. The van der Waals surface area contributed by atoms with Crippen molar-refractivity contribution in [2.24, 2.45) is 10.7 Å². The fraction of sp³-hybridized carbons (Fsp3) is 0.222. The Labute approximate surface area is 147 Å². The van der Waals surface area contributed by atoms with Crippen LogP contribution in [0.25, 0.3) is 0 Å². The number of esters is 1. The molecule has 5 nitrogen and oxygen atoms in total. The summed E-state index contributed by atoms with van der Waals surface area (Å²) in [6.45, 7) is 0.873. The van der Waals surface area contributed by atoms with Gasteiger partial charge in [0.25, 0.3) is 0 Å². The Morgan fingerprint density at radius 2 is 1.62 bits per heavy atom. The number of hydrogen-bond donors (Lipinski definition) is 2. The molecule has 1 aliphatic heterocycles. The predicted octanol–water partition coefficient (Wildman–Crippen LogP) is 2.07. The number of ether oxygens (including phenoxy) is 1. The highest BCUT2D eigenvalue weighted by Gasteiger charge is 2.27. The summed E-state index contributed by atoms with van der Waals surface area (Å²) in [4.78, 5) is 16.8. The summed E-state index contributed by atoms with van der Waals surface area (Å²) < 4.78 is 5.65. The fourth-order valence-corrected chi connectivity index (χ4v) is 2.61. The van der Waals surface area contributed by atoms with Gasteiger partial charge in [-0.3, -0.25) is 4.79 Å². The molecule has 0 saturated heterocycles. The zero-order valence-electron chi connectivity index (χ0n) is 13.1. The Morgan fingerprint density at radius 3 is 2.08 bits per heavy atom. The lowest BCUT2D eigenvalue weighted by Gasteiger charge is -2.24. The standard InChI is InChI=1S/C18H19N3O2.ClH/c19-18-20-11-15(12-21-18)23-17(22)16(13-7-3-1-4-8-13)14-9-5-2-6-10-14;/h1-10,15-16H,11-12H2,(H3,19,20,21);1H. The highest BCUT2D eigenvalue weighted by molar-refractivity contribution is 5.85. The van der Waals surface area contributed by atoms with Crippen LogP contribution in [0.3, 0.4) is 0 Å². The van der Waals surface area contributed by atoms with Crippen LogP contribution in [0.5, 0.6) is 0 Å². The topological polar surface area (TPSA) is 76.7 Å². The lowest BCUT2D eigenvalue weighted by molar-refractivity contribution is -0.149. The molecule has 6 heteroatoms. The minimum Gasteiger partial charge on any atom is -0.458 e. The monoisotopic (exact) mass is 345 g/mol. The third kappa shape index (κ3) is 4.26. The van der Waals surface area contributed by atoms with E-state index in [1.165, 1.54) is 0 Å². The number of halogens is 1. The van der Waals surface area contributed by atoms with E-state index in [-0.39, 0.29) is 24.5 Å². The Morgan fingerprint density at radius 1 is 1.08 bits per heavy atom. The van der Waals surface area contributed by atoms with Crippen molar-refractivity contribution in [3.63, 3.8) is 0 Å². The predicted molar refractivity (Wildman–Crippen MR) is 96.3 cm³/mol. The molecule has 1 aliphatic rings. The van der Waals surface area contributed by atoms with Crippen molar-refractivity contribution < 1.29 is 9.53 Å². The van der Waals surface area contributed by atoms with E-state index in [4.69, 9.17) is 10.5 Å². The molecule has 2 aromatic rings. The molecule has 24 heavy (non-hydrogen) atoms. The maximum Gasteiger partial charge on any atom is 0.318 e. The van der Waals surface area contributed by atoms with Gasteiger partial charge in [-0.2, -0.15) is 0 Å². The summed E-state index contributed by atoms with van der Waals surface area (Å²) in [6, 6.07) is 19.3. The normalized spacial score (nSPS) is 16.5. The van der Waals surface area contributed by atoms with Crippen molar-refractivity contribution in [2.45, 2.75) is 12.0 Å². The van der Waals surface area contributed by atoms with Crippen LogP contribution in [-0.4, -0.2) is 31.1 Å². The molecule has 1 atom stereocenters. The van der Waals surface area contributed by atoms with Crippen molar-refractivity contribution >= 4 is 24.3 Å². The quantitative estimate of drug-likeness (QED) is 0.832. The lowest BCUT2D eigenvalue weighted by atomic mass is 9.91. The van der Waals surface area contributed by atoms with Gasteiger partial charge in [-0.05, 0) is 11.1 Å². The molecule has 0 radical (unpaired) electrons. The van der Waals surface area contributed by atoms with Crippen LogP contribution in [0.15, 0.2) is 65.7 Å². The Hall–Kier alpha value is -2.53. The van der Waals surface area contributed by atoms with Crippen LogP contribution in [0, 0.1) is 0 Å². The van der Waals surface area contributed by atoms with E-state index in [2.05, 4.69) is 10.3 Å². The number of aliphatic imine (C=N–C) groups is 1. The van der Waals surface area contributed by atoms with E-state index < -0.39 is 5.92 Å². The molecule has 3 rings (SSSR count). The second-order valence-corrected chi connectivity index (χ2v) is 5.42. The van der Waals surface area contributed by atoms with Crippen LogP contribution >= 0.6 is 12.4 Å². The molecule has 0 amide bonds. The summed E-state index contributed by atoms with van der Waals surface area (Å²) >= 11 is 0. The molecule has 0 aromatic heterocycles. The first-order chi connectivity index (χ1) is 11.2. The van der Waals surface area contributed by atoms with E-state index in [1.54, 1.807) is 0 Å². The third-order valence-electron chi connectivity index (χ3n) is 3.76. The van der Waals surface area contributed by atoms with Crippen LogP contribution in [0.2, 0.25) is 0 Å². The van der Waals surface area contributed by atoms with Gasteiger partial charge in [-0.25, -0.2) is 4.99 Å². The SMILES string of the molecule is Cl.NC1=NCC(OC(=O)C(c2ccccc2)c2ccccc2)CN1. The number of hydrogen-bond acceptors (Lipinski definition) is 5. The first kappa shape index (κ1) is 17.8. The van der Waals surface area contributed by atoms with E-state index >= 15 is 0 Å². The number of carbonyl (C=O) groups is 1. The van der Waals surface area contributed by atoms with Crippen LogP contribution < -0.4 is 11.1 Å². The summed E-state index contributed by atoms with van der Waals surface area (Å²) in [5, 5.41) is 2.91. The van der Waals surface area contributed by atoms with Crippen LogP contribution in [-0.2, 0) is 9.53 Å². The van der Waals surface area contributed by atoms with Crippen molar-refractivity contribution in [3.8, 4) is 0 Å². The minimum absolute atomic E-state index is 0. The first-order valence-corrected chi connectivity index (χ1v) is 7.58. The number of nitrogens with one attached hydrogen (secondary N) is 1. The second kappa shape index (κ2) is 8.36. The zero-order valence-corrected chi connectivity index (χ0v) is 13.9. The average Bonchev–Trinajstić information content (AvgIpc) is 2.59. The Balaban J connectivity index is 0.00000208. The van der Waals surface area contributed by atoms with Crippen LogP contribution in [0.1, 0.15) is 17.0 Å². The van der Waals surface area contributed by atoms with Gasteiger partial charge in [0.05, 0.1) is 13.1 Å². The molecule has 0 fully saturated rings. The van der Waals surface area contributed by atoms with Gasteiger partial charge in [0.2, 0.25) is 0 Å². The summed E-state index contributed by atoms with van der Waals surface area (Å²) in [5.41, 5.74) is 7.39. The molecule has 0 aliphatic carbocycles. The van der Waals surface area contributed by atoms with Gasteiger partial charge in [0, 0.05) is 0 Å². The number of rotatable bonds is 4. The largest absolute Gasteiger partial charge is 0.458 e.